The van der Waals surface area contributed by atoms with Crippen molar-refractivity contribution < 1.29 is 0 Å². The van der Waals surface area contributed by atoms with Gasteiger partial charge in [-0.05, 0) is 25.8 Å². The Labute approximate surface area is 88.9 Å². The van der Waals surface area contributed by atoms with E-state index in [2.05, 4.69) is 16.8 Å². The molecule has 76 valence electrons. The molecule has 1 aliphatic rings. The van der Waals surface area contributed by atoms with Gasteiger partial charge >= 0.3 is 0 Å². The normalized spacial score (nSPS) is 21.6. The smallest absolute Gasteiger partial charge is 0.133 e. The zero-order valence-electron chi connectivity index (χ0n) is 8.20. The van der Waals surface area contributed by atoms with Crippen LogP contribution in [-0.2, 0) is 0 Å². The Bertz CT molecular complexity index is 320. The minimum Gasteiger partial charge on any atom is -0.399 e. The first kappa shape index (κ1) is 9.59. The zero-order valence-corrected chi connectivity index (χ0v) is 8.96. The largest absolute Gasteiger partial charge is 0.399 e. The fourth-order valence-electron chi connectivity index (χ4n) is 1.92. The Hall–Kier alpha value is -0.960. The van der Waals surface area contributed by atoms with Gasteiger partial charge in [-0.3, -0.25) is 0 Å². The first-order chi connectivity index (χ1) is 6.66. The van der Waals surface area contributed by atoms with E-state index < -0.39 is 0 Å². The molecule has 1 saturated heterocycles. The summed E-state index contributed by atoms with van der Waals surface area (Å²) in [5.74, 6) is 0.903. The quantitative estimate of drug-likeness (QED) is 0.725. The molecule has 1 aromatic rings. The molecule has 3 nitrogen and oxygen atoms in total. The first-order valence-corrected chi connectivity index (χ1v) is 5.24. The Kier molecular flexibility index (Phi) is 2.50. The molecule has 0 saturated carbocycles. The third-order valence-corrected chi connectivity index (χ3v) is 2.84. The van der Waals surface area contributed by atoms with Crippen LogP contribution in [0.5, 0.6) is 0 Å². The number of rotatable bonds is 1. The third-order valence-electron chi connectivity index (χ3n) is 2.65. The molecule has 0 aromatic carbocycles. The second kappa shape index (κ2) is 3.65. The van der Waals surface area contributed by atoms with Gasteiger partial charge in [0.2, 0.25) is 0 Å². The van der Waals surface area contributed by atoms with E-state index in [1.807, 2.05) is 6.07 Å². The van der Waals surface area contributed by atoms with Crippen LogP contribution < -0.4 is 10.6 Å². The molecule has 2 heterocycles. The average molecular weight is 212 g/mol. The van der Waals surface area contributed by atoms with Gasteiger partial charge in [-0.15, -0.1) is 0 Å². The van der Waals surface area contributed by atoms with Gasteiger partial charge in [0, 0.05) is 24.3 Å². The van der Waals surface area contributed by atoms with E-state index in [1.54, 1.807) is 6.07 Å². The highest BCUT2D eigenvalue weighted by Gasteiger charge is 2.21. The summed E-state index contributed by atoms with van der Waals surface area (Å²) in [5, 5.41) is 0.471. The summed E-state index contributed by atoms with van der Waals surface area (Å²) in [6.07, 6.45) is 2.43. The molecule has 2 rings (SSSR count). The monoisotopic (exact) mass is 211 g/mol. The van der Waals surface area contributed by atoms with Crippen molar-refractivity contribution in [1.82, 2.24) is 4.98 Å². The molecule has 0 aliphatic carbocycles. The number of aromatic nitrogens is 1. The molecule has 1 aromatic heterocycles. The van der Waals surface area contributed by atoms with Gasteiger partial charge < -0.3 is 10.6 Å². The predicted molar refractivity (Wildman–Crippen MR) is 59.7 cm³/mol. The summed E-state index contributed by atoms with van der Waals surface area (Å²) >= 11 is 5.86. The Morgan fingerprint density at radius 3 is 2.93 bits per heavy atom. The molecule has 1 atom stereocenters. The molecule has 0 bridgehead atoms. The number of hydrogen-bond acceptors (Lipinski definition) is 3. The summed E-state index contributed by atoms with van der Waals surface area (Å²) in [5.41, 5.74) is 6.40. The average Bonchev–Trinajstić information content (AvgIpc) is 2.49. The maximum absolute atomic E-state index is 5.86. The highest BCUT2D eigenvalue weighted by molar-refractivity contribution is 6.29. The van der Waals surface area contributed by atoms with E-state index in [1.165, 1.54) is 12.8 Å². The molecule has 1 aliphatic heterocycles. The van der Waals surface area contributed by atoms with Crippen LogP contribution in [0.4, 0.5) is 11.5 Å². The molecule has 2 N–H and O–H groups in total. The van der Waals surface area contributed by atoms with Gasteiger partial charge in [-0.2, -0.15) is 0 Å². The van der Waals surface area contributed by atoms with E-state index in [-0.39, 0.29) is 0 Å². The van der Waals surface area contributed by atoms with Gasteiger partial charge in [0.15, 0.2) is 0 Å². The lowest BCUT2D eigenvalue weighted by Crippen LogP contribution is -2.27. The number of nitrogen functional groups attached to an aromatic ring is 1. The van der Waals surface area contributed by atoms with Crippen LogP contribution in [0, 0.1) is 0 Å². The van der Waals surface area contributed by atoms with Crippen molar-refractivity contribution in [1.29, 1.82) is 0 Å². The SMILES string of the molecule is CC1CCCN1c1cc(N)cc(Cl)n1. The number of nitrogens with two attached hydrogens (primary N) is 1. The molecule has 1 fully saturated rings. The lowest BCUT2D eigenvalue weighted by Gasteiger charge is -2.22. The first-order valence-electron chi connectivity index (χ1n) is 4.86. The van der Waals surface area contributed by atoms with Crippen LogP contribution in [0.15, 0.2) is 12.1 Å². The predicted octanol–water partition coefficient (Wildman–Crippen LogP) is 2.31. The second-order valence-corrected chi connectivity index (χ2v) is 4.15. The molecular formula is C10H14ClN3. The second-order valence-electron chi connectivity index (χ2n) is 3.77. The maximum Gasteiger partial charge on any atom is 0.133 e. The van der Waals surface area contributed by atoms with Crippen LogP contribution >= 0.6 is 11.6 Å². The minimum absolute atomic E-state index is 0.471. The van der Waals surface area contributed by atoms with Crippen LogP contribution in [0.25, 0.3) is 0 Å². The van der Waals surface area contributed by atoms with Gasteiger partial charge in [-0.1, -0.05) is 11.6 Å². The van der Waals surface area contributed by atoms with Crippen molar-refractivity contribution in [2.75, 3.05) is 17.2 Å². The van der Waals surface area contributed by atoms with Gasteiger partial charge in [0.1, 0.15) is 11.0 Å². The molecule has 0 amide bonds. The minimum atomic E-state index is 0.471. The van der Waals surface area contributed by atoms with Crippen LogP contribution in [-0.4, -0.2) is 17.6 Å². The lowest BCUT2D eigenvalue weighted by molar-refractivity contribution is 0.727. The van der Waals surface area contributed by atoms with Gasteiger partial charge in [-0.25, -0.2) is 4.98 Å². The van der Waals surface area contributed by atoms with E-state index in [9.17, 15) is 0 Å². The summed E-state index contributed by atoms with van der Waals surface area (Å²) in [4.78, 5) is 6.53. The highest BCUT2D eigenvalue weighted by Crippen LogP contribution is 2.26. The van der Waals surface area contributed by atoms with Crippen LogP contribution in [0.1, 0.15) is 19.8 Å². The van der Waals surface area contributed by atoms with E-state index in [0.29, 0.717) is 16.9 Å². The molecule has 14 heavy (non-hydrogen) atoms. The topological polar surface area (TPSA) is 42.1 Å². The van der Waals surface area contributed by atoms with Crippen LogP contribution in [0.3, 0.4) is 0 Å². The van der Waals surface area contributed by atoms with Crippen LogP contribution in [0.2, 0.25) is 5.15 Å². The van der Waals surface area contributed by atoms with Crippen molar-refractivity contribution >= 4 is 23.1 Å². The van der Waals surface area contributed by atoms with Gasteiger partial charge in [0.05, 0.1) is 0 Å². The molecule has 0 spiro atoms. The Morgan fingerprint density at radius 1 is 1.57 bits per heavy atom. The van der Waals surface area contributed by atoms with E-state index in [0.717, 1.165) is 12.4 Å². The molecule has 0 radical (unpaired) electrons. The van der Waals surface area contributed by atoms with Crippen molar-refractivity contribution in [3.8, 4) is 0 Å². The fraction of sp³-hybridized carbons (Fsp3) is 0.500. The standard InChI is InChI=1S/C10H14ClN3/c1-7-3-2-4-14(7)10-6-8(12)5-9(11)13-10/h5-7H,2-4H2,1H3,(H2,12,13). The van der Waals surface area contributed by atoms with Gasteiger partial charge in [0.25, 0.3) is 0 Å². The van der Waals surface area contributed by atoms with E-state index >= 15 is 0 Å². The highest BCUT2D eigenvalue weighted by atomic mass is 35.5. The zero-order chi connectivity index (χ0) is 10.1. The fourth-order valence-corrected chi connectivity index (χ4v) is 2.14. The Balaban J connectivity index is 2.31. The van der Waals surface area contributed by atoms with Crippen molar-refractivity contribution in [3.63, 3.8) is 0 Å². The lowest BCUT2D eigenvalue weighted by atomic mass is 10.2. The Morgan fingerprint density at radius 2 is 2.36 bits per heavy atom. The van der Waals surface area contributed by atoms with Crippen molar-refractivity contribution in [2.24, 2.45) is 0 Å². The third kappa shape index (κ3) is 1.77. The summed E-state index contributed by atoms with van der Waals surface area (Å²) in [6.45, 7) is 3.25. The molecular weight excluding hydrogens is 198 g/mol. The molecule has 1 unspecified atom stereocenters. The van der Waals surface area contributed by atoms with Crippen molar-refractivity contribution in [3.05, 3.63) is 17.3 Å². The molecule has 4 heteroatoms. The number of halogens is 1. The summed E-state index contributed by atoms with van der Waals surface area (Å²) < 4.78 is 0. The number of anilines is 2. The van der Waals surface area contributed by atoms with E-state index in [4.69, 9.17) is 17.3 Å². The maximum atomic E-state index is 5.86. The number of pyridine rings is 1. The number of hydrogen-bond donors (Lipinski definition) is 1. The summed E-state index contributed by atoms with van der Waals surface area (Å²) in [6, 6.07) is 4.10. The van der Waals surface area contributed by atoms with Crippen molar-refractivity contribution in [2.45, 2.75) is 25.8 Å². The summed E-state index contributed by atoms with van der Waals surface area (Å²) in [7, 11) is 0. The number of nitrogens with zero attached hydrogens (tertiary/aromatic N) is 2.